The van der Waals surface area contributed by atoms with Crippen molar-refractivity contribution in [2.75, 3.05) is 13.7 Å². The number of carbonyl (C=O) groups excluding carboxylic acids is 1. The molecule has 4 heteroatoms. The van der Waals surface area contributed by atoms with E-state index in [4.69, 9.17) is 9.15 Å². The Morgan fingerprint density at radius 2 is 2.18 bits per heavy atom. The second-order valence-corrected chi connectivity index (χ2v) is 5.24. The number of hydrogen-bond donors (Lipinski definition) is 1. The van der Waals surface area contributed by atoms with Gasteiger partial charge in [-0.3, -0.25) is 4.79 Å². The zero-order valence-corrected chi connectivity index (χ0v) is 13.4. The molecule has 0 spiro atoms. The van der Waals surface area contributed by atoms with E-state index < -0.39 is 0 Å². The van der Waals surface area contributed by atoms with Gasteiger partial charge in [-0.1, -0.05) is 6.08 Å². The third kappa shape index (κ3) is 2.91. The Morgan fingerprint density at radius 1 is 1.45 bits per heavy atom. The van der Waals surface area contributed by atoms with Crippen molar-refractivity contribution in [3.8, 4) is 5.75 Å². The molecular formula is C18H21NO3. The molecule has 0 aliphatic heterocycles. The van der Waals surface area contributed by atoms with Crippen LogP contribution < -0.4 is 10.1 Å². The minimum Gasteiger partial charge on any atom is -0.496 e. The van der Waals surface area contributed by atoms with Crippen molar-refractivity contribution in [2.45, 2.75) is 20.8 Å². The van der Waals surface area contributed by atoms with Gasteiger partial charge in [-0.05, 0) is 38.0 Å². The Kier molecular flexibility index (Phi) is 4.71. The summed E-state index contributed by atoms with van der Waals surface area (Å²) in [7, 11) is 1.62. The minimum atomic E-state index is -0.152. The molecule has 0 radical (unpaired) electrons. The number of amides is 1. The van der Waals surface area contributed by atoms with E-state index in [1.165, 1.54) is 0 Å². The monoisotopic (exact) mass is 299 g/mol. The molecule has 0 atom stereocenters. The predicted octanol–water partition coefficient (Wildman–Crippen LogP) is 3.76. The van der Waals surface area contributed by atoms with Crippen LogP contribution in [-0.2, 0) is 4.79 Å². The largest absolute Gasteiger partial charge is 0.496 e. The fourth-order valence-corrected chi connectivity index (χ4v) is 2.49. The van der Waals surface area contributed by atoms with Gasteiger partial charge in [0.05, 0.1) is 13.4 Å². The van der Waals surface area contributed by atoms with Gasteiger partial charge in [-0.25, -0.2) is 0 Å². The van der Waals surface area contributed by atoms with Crippen molar-refractivity contribution >= 4 is 22.4 Å². The first-order valence-electron chi connectivity index (χ1n) is 7.12. The van der Waals surface area contributed by atoms with Gasteiger partial charge in [0, 0.05) is 29.1 Å². The maximum absolute atomic E-state index is 11.9. The molecule has 1 aromatic carbocycles. The van der Waals surface area contributed by atoms with Crippen LogP contribution in [0.3, 0.4) is 0 Å². The number of nitrogens with one attached hydrogen (secondary N) is 1. The summed E-state index contributed by atoms with van der Waals surface area (Å²) in [6.07, 6.45) is 4.95. The highest BCUT2D eigenvalue weighted by Crippen LogP contribution is 2.37. The summed E-state index contributed by atoms with van der Waals surface area (Å²) in [5.41, 5.74) is 4.55. The highest BCUT2D eigenvalue weighted by atomic mass is 16.5. The molecule has 0 saturated heterocycles. The Bertz CT molecular complexity index is 753. The molecule has 1 amide bonds. The van der Waals surface area contributed by atoms with Crippen LogP contribution in [0.5, 0.6) is 5.75 Å². The van der Waals surface area contributed by atoms with Crippen LogP contribution in [0, 0.1) is 13.8 Å². The molecule has 4 nitrogen and oxygen atoms in total. The molecule has 1 aromatic heterocycles. The summed E-state index contributed by atoms with van der Waals surface area (Å²) >= 11 is 0. The average molecular weight is 299 g/mol. The van der Waals surface area contributed by atoms with Gasteiger partial charge < -0.3 is 14.5 Å². The number of ether oxygens (including phenoxy) is 1. The van der Waals surface area contributed by atoms with Gasteiger partial charge in [0.1, 0.15) is 11.3 Å². The number of fused-ring (bicyclic) bond motifs is 1. The molecule has 0 aliphatic rings. The summed E-state index contributed by atoms with van der Waals surface area (Å²) in [5.74, 6) is 0.577. The first-order valence-corrected chi connectivity index (χ1v) is 7.12. The van der Waals surface area contributed by atoms with E-state index in [0.717, 1.165) is 39.0 Å². The number of rotatable bonds is 5. The molecular weight excluding hydrogens is 278 g/mol. The van der Waals surface area contributed by atoms with Gasteiger partial charge in [0.15, 0.2) is 0 Å². The van der Waals surface area contributed by atoms with Crippen LogP contribution in [-0.4, -0.2) is 19.6 Å². The molecule has 1 heterocycles. The maximum atomic E-state index is 11.9. The SMILES string of the molecule is C=CCNC(=O)/C=C(\C)c1cc2c(C)coc2c(C)c1OC. The third-order valence-electron chi connectivity index (χ3n) is 3.63. The Morgan fingerprint density at radius 3 is 2.82 bits per heavy atom. The van der Waals surface area contributed by atoms with Gasteiger partial charge in [0.2, 0.25) is 5.91 Å². The van der Waals surface area contributed by atoms with E-state index in [-0.39, 0.29) is 5.91 Å². The van der Waals surface area contributed by atoms with E-state index in [2.05, 4.69) is 11.9 Å². The van der Waals surface area contributed by atoms with E-state index in [0.29, 0.717) is 6.54 Å². The predicted molar refractivity (Wildman–Crippen MR) is 89.1 cm³/mol. The number of allylic oxidation sites excluding steroid dienone is 1. The lowest BCUT2D eigenvalue weighted by Gasteiger charge is -2.13. The van der Waals surface area contributed by atoms with Crippen molar-refractivity contribution in [3.63, 3.8) is 0 Å². The van der Waals surface area contributed by atoms with Crippen molar-refractivity contribution in [1.29, 1.82) is 0 Å². The van der Waals surface area contributed by atoms with Crippen molar-refractivity contribution in [2.24, 2.45) is 0 Å². The Labute approximate surface area is 130 Å². The van der Waals surface area contributed by atoms with Crippen LogP contribution in [0.4, 0.5) is 0 Å². The number of aryl methyl sites for hydroxylation is 2. The normalized spacial score (nSPS) is 11.5. The van der Waals surface area contributed by atoms with Gasteiger partial charge in [-0.15, -0.1) is 6.58 Å². The van der Waals surface area contributed by atoms with Crippen LogP contribution >= 0.6 is 0 Å². The zero-order valence-electron chi connectivity index (χ0n) is 13.4. The first-order chi connectivity index (χ1) is 10.5. The van der Waals surface area contributed by atoms with E-state index in [1.54, 1.807) is 25.5 Å². The number of hydrogen-bond acceptors (Lipinski definition) is 3. The second-order valence-electron chi connectivity index (χ2n) is 5.24. The molecule has 0 fully saturated rings. The van der Waals surface area contributed by atoms with Crippen LogP contribution in [0.2, 0.25) is 0 Å². The van der Waals surface area contributed by atoms with Crippen molar-refractivity contribution < 1.29 is 13.9 Å². The highest BCUT2D eigenvalue weighted by molar-refractivity contribution is 5.98. The average Bonchev–Trinajstić information content (AvgIpc) is 2.86. The number of methoxy groups -OCH3 is 1. The van der Waals surface area contributed by atoms with Crippen LogP contribution in [0.25, 0.3) is 16.5 Å². The fourth-order valence-electron chi connectivity index (χ4n) is 2.49. The van der Waals surface area contributed by atoms with E-state index in [1.807, 2.05) is 26.8 Å². The minimum absolute atomic E-state index is 0.152. The lowest BCUT2D eigenvalue weighted by molar-refractivity contribution is -0.116. The molecule has 0 bridgehead atoms. The standard InChI is InChI=1S/C18H21NO3/c1-6-7-19-16(20)8-11(2)14-9-15-12(3)10-22-18(15)13(4)17(14)21-5/h6,8-10H,1,7H2,2-5H3,(H,19,20)/b11-8+. The summed E-state index contributed by atoms with van der Waals surface area (Å²) in [6.45, 7) is 9.87. The molecule has 0 saturated carbocycles. The summed E-state index contributed by atoms with van der Waals surface area (Å²) in [5, 5.41) is 3.77. The van der Waals surface area contributed by atoms with Crippen LogP contribution in [0.1, 0.15) is 23.6 Å². The second kappa shape index (κ2) is 6.52. The lowest BCUT2D eigenvalue weighted by atomic mass is 9.98. The van der Waals surface area contributed by atoms with Crippen molar-refractivity contribution in [3.05, 3.63) is 47.8 Å². The highest BCUT2D eigenvalue weighted by Gasteiger charge is 2.16. The molecule has 22 heavy (non-hydrogen) atoms. The van der Waals surface area contributed by atoms with Gasteiger partial charge >= 0.3 is 0 Å². The summed E-state index contributed by atoms with van der Waals surface area (Å²) < 4.78 is 11.1. The number of carbonyl (C=O) groups is 1. The molecule has 2 aromatic rings. The number of furan rings is 1. The Hall–Kier alpha value is -2.49. The molecule has 0 unspecified atom stereocenters. The van der Waals surface area contributed by atoms with Gasteiger partial charge in [0.25, 0.3) is 0 Å². The fraction of sp³-hybridized carbons (Fsp3) is 0.278. The lowest BCUT2D eigenvalue weighted by Crippen LogP contribution is -2.20. The number of benzene rings is 1. The third-order valence-corrected chi connectivity index (χ3v) is 3.63. The first kappa shape index (κ1) is 15.9. The molecule has 1 N–H and O–H groups in total. The smallest absolute Gasteiger partial charge is 0.244 e. The molecule has 0 aliphatic carbocycles. The summed E-state index contributed by atoms with van der Waals surface area (Å²) in [4.78, 5) is 11.9. The maximum Gasteiger partial charge on any atom is 0.244 e. The molecule has 2 rings (SSSR count). The quantitative estimate of drug-likeness (QED) is 0.675. The van der Waals surface area contributed by atoms with Crippen LogP contribution in [0.15, 0.2) is 35.5 Å². The van der Waals surface area contributed by atoms with Gasteiger partial charge in [-0.2, -0.15) is 0 Å². The molecule has 116 valence electrons. The Balaban J connectivity index is 2.53. The van der Waals surface area contributed by atoms with Crippen molar-refractivity contribution in [1.82, 2.24) is 5.32 Å². The topological polar surface area (TPSA) is 51.5 Å². The van der Waals surface area contributed by atoms with E-state index >= 15 is 0 Å². The van der Waals surface area contributed by atoms with E-state index in [9.17, 15) is 4.79 Å². The zero-order chi connectivity index (χ0) is 16.3. The summed E-state index contributed by atoms with van der Waals surface area (Å²) in [6, 6.07) is 2.01.